The van der Waals surface area contributed by atoms with Crippen molar-refractivity contribution < 1.29 is 4.79 Å². The highest BCUT2D eigenvalue weighted by Gasteiger charge is 2.08. The van der Waals surface area contributed by atoms with Gasteiger partial charge in [-0.25, -0.2) is 0 Å². The van der Waals surface area contributed by atoms with Crippen LogP contribution in [0, 0.1) is 5.92 Å². The predicted octanol–water partition coefficient (Wildman–Crippen LogP) is 3.82. The summed E-state index contributed by atoms with van der Waals surface area (Å²) in [7, 11) is 0. The Morgan fingerprint density at radius 2 is 1.67 bits per heavy atom. The normalized spacial score (nSPS) is 19.5. The van der Waals surface area contributed by atoms with Crippen LogP contribution in [0.3, 0.4) is 0 Å². The summed E-state index contributed by atoms with van der Waals surface area (Å²) in [5, 5.41) is 0. The lowest BCUT2D eigenvalue weighted by Crippen LogP contribution is -2.02. The lowest BCUT2D eigenvalue weighted by Gasteiger charge is -2.17. The Kier molecular flexibility index (Phi) is 5.76. The number of hydrogen-bond acceptors (Lipinski definition) is 1. The van der Waals surface area contributed by atoms with Crippen LogP contribution in [0.4, 0.5) is 0 Å². The van der Waals surface area contributed by atoms with Crippen molar-refractivity contribution in [3.05, 3.63) is 36.5 Å². The maximum Gasteiger partial charge on any atom is 0.152 e. The quantitative estimate of drug-likeness (QED) is 0.502. The molecule has 1 nitrogen and oxygen atoms in total. The molecule has 0 bridgehead atoms. The highest BCUT2D eigenvalue weighted by atomic mass is 16.1. The van der Waals surface area contributed by atoms with Gasteiger partial charge in [0.2, 0.25) is 0 Å². The van der Waals surface area contributed by atoms with Crippen LogP contribution in [0.5, 0.6) is 0 Å². The van der Waals surface area contributed by atoms with Crippen molar-refractivity contribution >= 4 is 5.78 Å². The molecule has 0 aliphatic heterocycles. The smallest absolute Gasteiger partial charge is 0.152 e. The summed E-state index contributed by atoms with van der Waals surface area (Å²) < 4.78 is 0. The van der Waals surface area contributed by atoms with Crippen LogP contribution in [0.15, 0.2) is 36.5 Å². The van der Waals surface area contributed by atoms with Crippen molar-refractivity contribution in [3.63, 3.8) is 0 Å². The summed E-state index contributed by atoms with van der Waals surface area (Å²) in [4.78, 5) is 10.6. The van der Waals surface area contributed by atoms with Crippen LogP contribution < -0.4 is 0 Å². The summed E-state index contributed by atoms with van der Waals surface area (Å²) in [6.07, 6.45) is 18.5. The minimum absolute atomic E-state index is 0.0934. The molecule has 1 saturated carbocycles. The standard InChI is InChI=1S/C14H20O/c1-13(15)9-5-2-3-6-10-14-11-7-4-8-12-14/h2-3,5-6,9-10,14H,4,7-8,11-12H2,1H3/b3-2+,9-5+,10-6+. The van der Waals surface area contributed by atoms with Crippen LogP contribution in [0.2, 0.25) is 0 Å². The molecule has 0 unspecified atom stereocenters. The third-order valence-electron chi connectivity index (χ3n) is 2.70. The summed E-state index contributed by atoms with van der Waals surface area (Å²) in [6.45, 7) is 1.56. The SMILES string of the molecule is CC(=O)/C=C/C=C/C=C/C1CCCCC1. The Labute approximate surface area is 92.6 Å². The van der Waals surface area contributed by atoms with E-state index in [4.69, 9.17) is 0 Å². The molecule has 0 saturated heterocycles. The van der Waals surface area contributed by atoms with E-state index in [9.17, 15) is 4.79 Å². The van der Waals surface area contributed by atoms with Gasteiger partial charge in [-0.05, 0) is 31.8 Å². The number of rotatable bonds is 4. The van der Waals surface area contributed by atoms with E-state index in [1.165, 1.54) is 32.1 Å². The molecule has 15 heavy (non-hydrogen) atoms. The molecule has 0 spiro atoms. The lowest BCUT2D eigenvalue weighted by atomic mass is 9.89. The Balaban J connectivity index is 2.22. The Hall–Kier alpha value is -1.11. The third-order valence-corrected chi connectivity index (χ3v) is 2.70. The molecule has 1 aliphatic carbocycles. The Morgan fingerprint density at radius 3 is 2.33 bits per heavy atom. The number of ketones is 1. The average molecular weight is 204 g/mol. The molecule has 0 aromatic carbocycles. The van der Waals surface area contributed by atoms with Gasteiger partial charge in [0.25, 0.3) is 0 Å². The number of hydrogen-bond donors (Lipinski definition) is 0. The highest BCUT2D eigenvalue weighted by Crippen LogP contribution is 2.24. The van der Waals surface area contributed by atoms with Gasteiger partial charge in [-0.15, -0.1) is 0 Å². The van der Waals surface area contributed by atoms with Crippen LogP contribution in [0.1, 0.15) is 39.0 Å². The van der Waals surface area contributed by atoms with Crippen molar-refractivity contribution in [2.24, 2.45) is 5.92 Å². The van der Waals surface area contributed by atoms with Gasteiger partial charge < -0.3 is 0 Å². The van der Waals surface area contributed by atoms with Crippen LogP contribution in [-0.2, 0) is 4.79 Å². The fourth-order valence-electron chi connectivity index (χ4n) is 1.87. The van der Waals surface area contributed by atoms with Crippen molar-refractivity contribution in [1.29, 1.82) is 0 Å². The molecule has 0 aromatic rings. The minimum Gasteiger partial charge on any atom is -0.295 e. The minimum atomic E-state index is 0.0934. The monoisotopic (exact) mass is 204 g/mol. The second kappa shape index (κ2) is 7.22. The first-order valence-corrected chi connectivity index (χ1v) is 5.81. The molecule has 0 aromatic heterocycles. The lowest BCUT2D eigenvalue weighted by molar-refractivity contribution is -0.112. The molecule has 1 heteroatoms. The molecule has 0 heterocycles. The van der Waals surface area contributed by atoms with E-state index >= 15 is 0 Å². The fraction of sp³-hybridized carbons (Fsp3) is 0.500. The largest absolute Gasteiger partial charge is 0.295 e. The second-order valence-corrected chi connectivity index (χ2v) is 4.14. The summed E-state index contributed by atoms with van der Waals surface area (Å²) in [5.74, 6) is 0.871. The van der Waals surface area contributed by atoms with Gasteiger partial charge in [-0.1, -0.05) is 49.6 Å². The molecule has 1 rings (SSSR count). The molecule has 1 fully saturated rings. The van der Waals surface area contributed by atoms with Gasteiger partial charge in [0, 0.05) is 0 Å². The van der Waals surface area contributed by atoms with Gasteiger partial charge >= 0.3 is 0 Å². The third kappa shape index (κ3) is 6.05. The molecular weight excluding hydrogens is 184 g/mol. The zero-order valence-electron chi connectivity index (χ0n) is 9.49. The molecular formula is C14H20O. The van der Waals surface area contributed by atoms with Gasteiger partial charge in [0.15, 0.2) is 5.78 Å². The van der Waals surface area contributed by atoms with Crippen LogP contribution in [0.25, 0.3) is 0 Å². The van der Waals surface area contributed by atoms with E-state index in [-0.39, 0.29) is 5.78 Å². The summed E-state index contributed by atoms with van der Waals surface area (Å²) in [5.41, 5.74) is 0. The van der Waals surface area contributed by atoms with Gasteiger partial charge in [-0.3, -0.25) is 4.79 Å². The van der Waals surface area contributed by atoms with Crippen LogP contribution >= 0.6 is 0 Å². The maximum absolute atomic E-state index is 10.6. The Morgan fingerprint density at radius 1 is 1.00 bits per heavy atom. The fourth-order valence-corrected chi connectivity index (χ4v) is 1.87. The van der Waals surface area contributed by atoms with Gasteiger partial charge in [0.05, 0.1) is 0 Å². The molecule has 0 N–H and O–H groups in total. The molecule has 0 amide bonds. The van der Waals surface area contributed by atoms with Crippen molar-refractivity contribution in [1.82, 2.24) is 0 Å². The van der Waals surface area contributed by atoms with Crippen molar-refractivity contribution in [2.75, 3.05) is 0 Å². The average Bonchev–Trinajstić information content (AvgIpc) is 2.24. The number of carbonyl (C=O) groups is 1. The van der Waals surface area contributed by atoms with E-state index in [1.54, 1.807) is 19.1 Å². The van der Waals surface area contributed by atoms with E-state index in [0.29, 0.717) is 0 Å². The zero-order chi connectivity index (χ0) is 10.9. The van der Waals surface area contributed by atoms with Gasteiger partial charge in [0.1, 0.15) is 0 Å². The van der Waals surface area contributed by atoms with Gasteiger partial charge in [-0.2, -0.15) is 0 Å². The Bertz CT molecular complexity index is 265. The number of allylic oxidation sites excluding steroid dienone is 6. The summed E-state index contributed by atoms with van der Waals surface area (Å²) >= 11 is 0. The zero-order valence-corrected chi connectivity index (χ0v) is 9.49. The predicted molar refractivity (Wildman–Crippen MR) is 64.7 cm³/mol. The topological polar surface area (TPSA) is 17.1 Å². The maximum atomic E-state index is 10.6. The highest BCUT2D eigenvalue weighted by molar-refractivity contribution is 5.87. The van der Waals surface area contributed by atoms with Crippen molar-refractivity contribution in [3.8, 4) is 0 Å². The van der Waals surface area contributed by atoms with Crippen LogP contribution in [-0.4, -0.2) is 5.78 Å². The molecule has 1 aliphatic rings. The molecule has 82 valence electrons. The van der Waals surface area contributed by atoms with E-state index in [0.717, 1.165) is 5.92 Å². The van der Waals surface area contributed by atoms with Crippen molar-refractivity contribution in [2.45, 2.75) is 39.0 Å². The first kappa shape index (κ1) is 12.0. The second-order valence-electron chi connectivity index (χ2n) is 4.14. The van der Waals surface area contributed by atoms with E-state index in [1.807, 2.05) is 12.2 Å². The molecule has 0 atom stereocenters. The summed E-state index contributed by atoms with van der Waals surface area (Å²) in [6, 6.07) is 0. The van der Waals surface area contributed by atoms with E-state index < -0.39 is 0 Å². The molecule has 0 radical (unpaired) electrons. The van der Waals surface area contributed by atoms with E-state index in [2.05, 4.69) is 12.2 Å². The number of carbonyl (C=O) groups excluding carboxylic acids is 1. The first-order chi connectivity index (χ1) is 7.29. The first-order valence-electron chi connectivity index (χ1n) is 5.81.